The Morgan fingerprint density at radius 2 is 2.11 bits per heavy atom. The normalized spacial score (nSPS) is 8.44. The molecule has 0 aliphatic carbocycles. The number of nitrogens with zero attached hydrogens (tertiary/aromatic N) is 1. The molecule has 0 unspecified atom stereocenters. The Morgan fingerprint density at radius 1 is 1.56 bits per heavy atom. The van der Waals surface area contributed by atoms with Crippen molar-refractivity contribution in [3.05, 3.63) is 0 Å². The maximum Gasteiger partial charge on any atom is 0.426 e. The summed E-state index contributed by atoms with van der Waals surface area (Å²) in [5, 5.41) is 10.9. The second-order valence-electron chi connectivity index (χ2n) is 1.38. The van der Waals surface area contributed by atoms with Gasteiger partial charge in [0.1, 0.15) is 0 Å². The zero-order chi connectivity index (χ0) is 7.28. The van der Waals surface area contributed by atoms with Gasteiger partial charge in [0, 0.05) is 6.42 Å². The van der Waals surface area contributed by atoms with Gasteiger partial charge in [-0.2, -0.15) is 0 Å². The maximum atomic E-state index is 9.95. The first-order valence-electron chi connectivity index (χ1n) is 2.31. The predicted octanol–water partition coefficient (Wildman–Crippen LogP) is -0.856. The van der Waals surface area contributed by atoms with Crippen LogP contribution in [0.5, 0.6) is 0 Å². The van der Waals surface area contributed by atoms with Gasteiger partial charge in [-0.15, -0.1) is 0 Å². The second kappa shape index (κ2) is 3.71. The van der Waals surface area contributed by atoms with Gasteiger partial charge in [-0.1, -0.05) is 0 Å². The van der Waals surface area contributed by atoms with E-state index in [1.165, 1.54) is 0 Å². The summed E-state index contributed by atoms with van der Waals surface area (Å²) in [6, 6.07) is 0. The number of rotatable bonds is 3. The van der Waals surface area contributed by atoms with Crippen LogP contribution >= 0.6 is 0 Å². The van der Waals surface area contributed by atoms with Crippen molar-refractivity contribution in [1.82, 2.24) is 5.32 Å². The largest absolute Gasteiger partial charge is 0.464 e. The lowest BCUT2D eigenvalue weighted by Crippen LogP contribution is -2.20. The smallest absolute Gasteiger partial charge is 0.426 e. The Labute approximate surface area is 51.8 Å². The average molecular weight is 131 g/mol. The number of carbonyl (C=O) groups is 2. The Kier molecular flexibility index (Phi) is 3.19. The Morgan fingerprint density at radius 3 is 2.44 bits per heavy atom. The summed E-state index contributed by atoms with van der Waals surface area (Å²) in [5.74, 6) is -0.542. The molecule has 0 aromatic rings. The molecule has 1 radical (unpaired) electrons. The molecule has 0 aromatic heterocycles. The summed E-state index contributed by atoms with van der Waals surface area (Å²) in [4.78, 5) is 19.6. The molecule has 2 amide bonds. The minimum atomic E-state index is -1.27. The molecular weight excluding hydrogens is 124 g/mol. The van der Waals surface area contributed by atoms with E-state index in [0.717, 1.165) is 0 Å². The highest BCUT2D eigenvalue weighted by molar-refractivity contribution is 5.74. The fraction of sp³-hybridized carbons (Fsp3) is 0.500. The lowest BCUT2D eigenvalue weighted by Gasteiger charge is -1.91. The van der Waals surface area contributed by atoms with Gasteiger partial charge >= 0.3 is 6.09 Å². The summed E-state index contributed by atoms with van der Waals surface area (Å²) in [6.45, 7) is -0.0370. The zero-order valence-corrected chi connectivity index (χ0v) is 4.70. The van der Waals surface area contributed by atoms with Crippen LogP contribution in [-0.4, -0.2) is 23.7 Å². The molecular formula is C4H7N2O3. The molecule has 0 spiro atoms. The maximum absolute atomic E-state index is 9.95. The molecule has 0 atom stereocenters. The van der Waals surface area contributed by atoms with Crippen molar-refractivity contribution in [1.29, 1.82) is 0 Å². The van der Waals surface area contributed by atoms with Crippen molar-refractivity contribution in [2.75, 3.05) is 6.54 Å². The quantitative estimate of drug-likeness (QED) is 0.522. The van der Waals surface area contributed by atoms with Crippen LogP contribution in [0.3, 0.4) is 0 Å². The lowest BCUT2D eigenvalue weighted by molar-refractivity contribution is -0.117. The summed E-state index contributed by atoms with van der Waals surface area (Å²) >= 11 is 0. The minimum Gasteiger partial charge on any atom is -0.464 e. The molecule has 0 fully saturated rings. The molecule has 0 saturated carbocycles. The third-order valence-electron chi connectivity index (χ3n) is 0.605. The summed E-state index contributed by atoms with van der Waals surface area (Å²) in [5.41, 5.74) is 4.69. The topological polar surface area (TPSA) is 94.5 Å². The van der Waals surface area contributed by atoms with Crippen LogP contribution in [0.4, 0.5) is 4.79 Å². The van der Waals surface area contributed by atoms with Gasteiger partial charge in [0.25, 0.3) is 0 Å². The van der Waals surface area contributed by atoms with E-state index >= 15 is 0 Å². The van der Waals surface area contributed by atoms with E-state index in [1.807, 2.05) is 0 Å². The number of nitrogens with two attached hydrogens (primary N) is 1. The van der Waals surface area contributed by atoms with Gasteiger partial charge < -0.3 is 10.8 Å². The Balaban J connectivity index is 3.10. The summed E-state index contributed by atoms with van der Waals surface area (Å²) in [6.07, 6.45) is -1.27. The van der Waals surface area contributed by atoms with Gasteiger partial charge in [0.15, 0.2) is 0 Å². The highest BCUT2D eigenvalue weighted by Crippen LogP contribution is 1.73. The first-order valence-corrected chi connectivity index (χ1v) is 2.31. The van der Waals surface area contributed by atoms with Crippen LogP contribution < -0.4 is 11.1 Å². The van der Waals surface area contributed by atoms with Gasteiger partial charge in [-0.25, -0.2) is 10.1 Å². The minimum absolute atomic E-state index is 0.00764. The Hall–Kier alpha value is -1.26. The van der Waals surface area contributed by atoms with Gasteiger partial charge in [0.2, 0.25) is 5.91 Å². The fourth-order valence-corrected chi connectivity index (χ4v) is 0.262. The van der Waals surface area contributed by atoms with Crippen molar-refractivity contribution in [3.63, 3.8) is 0 Å². The predicted molar refractivity (Wildman–Crippen MR) is 28.8 cm³/mol. The van der Waals surface area contributed by atoms with E-state index in [-0.39, 0.29) is 13.0 Å². The molecule has 5 heteroatoms. The second-order valence-corrected chi connectivity index (χ2v) is 1.38. The first-order chi connectivity index (χ1) is 4.13. The summed E-state index contributed by atoms with van der Waals surface area (Å²) < 4.78 is 0. The standard InChI is InChI=1S/C4H7N2O3/c5-3(7)1-2-6-4(8)9/h1-2H2,(H2,5,7)(H,8,9). The van der Waals surface area contributed by atoms with Crippen molar-refractivity contribution in [2.24, 2.45) is 5.73 Å². The van der Waals surface area contributed by atoms with E-state index < -0.39 is 12.0 Å². The number of amides is 2. The van der Waals surface area contributed by atoms with Crippen molar-refractivity contribution in [3.8, 4) is 0 Å². The number of carboxylic acid groups (broad SMARTS) is 1. The molecule has 9 heavy (non-hydrogen) atoms. The van der Waals surface area contributed by atoms with Crippen molar-refractivity contribution in [2.45, 2.75) is 6.42 Å². The molecule has 0 aliphatic heterocycles. The molecule has 0 aliphatic rings. The van der Waals surface area contributed by atoms with Gasteiger partial charge in [-0.3, -0.25) is 4.79 Å². The number of primary amides is 1. The number of hydrogen-bond donors (Lipinski definition) is 2. The average Bonchev–Trinajstić information content (AvgIpc) is 1.63. The van der Waals surface area contributed by atoms with Crippen LogP contribution in [0.15, 0.2) is 0 Å². The molecule has 51 valence electrons. The molecule has 0 rings (SSSR count). The number of carbonyl (C=O) groups excluding carboxylic acids is 1. The van der Waals surface area contributed by atoms with Gasteiger partial charge in [0.05, 0.1) is 6.54 Å². The van der Waals surface area contributed by atoms with E-state index in [4.69, 9.17) is 5.11 Å². The molecule has 3 N–H and O–H groups in total. The molecule has 0 bridgehead atoms. The Bertz CT molecular complexity index is 109. The summed E-state index contributed by atoms with van der Waals surface area (Å²) in [7, 11) is 0. The van der Waals surface area contributed by atoms with E-state index in [1.54, 1.807) is 0 Å². The molecule has 0 aromatic carbocycles. The van der Waals surface area contributed by atoms with Gasteiger partial charge in [-0.05, 0) is 0 Å². The highest BCUT2D eigenvalue weighted by atomic mass is 16.4. The highest BCUT2D eigenvalue weighted by Gasteiger charge is 1.97. The van der Waals surface area contributed by atoms with Crippen molar-refractivity contribution < 1.29 is 14.7 Å². The van der Waals surface area contributed by atoms with E-state index in [0.29, 0.717) is 0 Å². The van der Waals surface area contributed by atoms with E-state index in [2.05, 4.69) is 11.1 Å². The molecule has 5 nitrogen and oxygen atoms in total. The van der Waals surface area contributed by atoms with Crippen LogP contribution in [0, 0.1) is 0 Å². The third-order valence-corrected chi connectivity index (χ3v) is 0.605. The molecule has 0 saturated heterocycles. The number of hydrogen-bond acceptors (Lipinski definition) is 2. The van der Waals surface area contributed by atoms with Crippen LogP contribution in [0.25, 0.3) is 0 Å². The third kappa shape index (κ3) is 6.74. The lowest BCUT2D eigenvalue weighted by atomic mass is 10.4. The fourth-order valence-electron chi connectivity index (χ4n) is 0.262. The van der Waals surface area contributed by atoms with Crippen LogP contribution in [0.1, 0.15) is 6.42 Å². The van der Waals surface area contributed by atoms with E-state index in [9.17, 15) is 9.59 Å². The van der Waals surface area contributed by atoms with Crippen LogP contribution in [0.2, 0.25) is 0 Å². The van der Waals surface area contributed by atoms with Crippen molar-refractivity contribution >= 4 is 12.0 Å². The monoisotopic (exact) mass is 131 g/mol. The SMILES string of the molecule is NC(=O)CC[N]C(=O)O. The molecule has 0 heterocycles. The van der Waals surface area contributed by atoms with Crippen LogP contribution in [-0.2, 0) is 4.79 Å². The zero-order valence-electron chi connectivity index (χ0n) is 4.70. The first kappa shape index (κ1) is 7.74.